The molecule has 0 aliphatic heterocycles. The lowest BCUT2D eigenvalue weighted by atomic mass is 10.0. The minimum atomic E-state index is -0.0260. The summed E-state index contributed by atoms with van der Waals surface area (Å²) in [6.45, 7) is 1.91. The molecule has 0 saturated heterocycles. The first kappa shape index (κ1) is 13.2. The number of hydrogen-bond donors (Lipinski definition) is 2. The number of aliphatic hydroxyl groups is 2. The molecule has 0 heterocycles. The summed E-state index contributed by atoms with van der Waals surface area (Å²) in [6.07, 6.45) is 7.66. The molecule has 0 saturated carbocycles. The van der Waals surface area contributed by atoms with Crippen LogP contribution in [0.4, 0.5) is 0 Å². The summed E-state index contributed by atoms with van der Waals surface area (Å²) >= 11 is 3.38. The van der Waals surface area contributed by atoms with E-state index in [0.29, 0.717) is 0 Å². The topological polar surface area (TPSA) is 40.5 Å². The van der Waals surface area contributed by atoms with E-state index in [4.69, 9.17) is 5.11 Å². The average Bonchev–Trinajstić information content (AvgIpc) is 2.29. The van der Waals surface area contributed by atoms with Gasteiger partial charge in [0.1, 0.15) is 0 Å². The molecule has 0 aromatic heterocycles. The highest BCUT2D eigenvalue weighted by Gasteiger charge is 2.05. The Balaban J connectivity index is 3.17. The molecule has 0 bridgehead atoms. The largest absolute Gasteiger partial charge is 0.392 e. The fourth-order valence-electron chi connectivity index (χ4n) is 1.39. The van der Waals surface area contributed by atoms with Crippen LogP contribution in [-0.4, -0.2) is 10.2 Å². The summed E-state index contributed by atoms with van der Waals surface area (Å²) in [6, 6.07) is 3.69. The van der Waals surface area contributed by atoms with Gasteiger partial charge in [0.25, 0.3) is 0 Å². The molecule has 0 atom stereocenters. The van der Waals surface area contributed by atoms with Crippen molar-refractivity contribution in [2.45, 2.75) is 20.1 Å². The average molecular weight is 283 g/mol. The first-order valence-corrected chi connectivity index (χ1v) is 5.84. The van der Waals surface area contributed by atoms with Gasteiger partial charge in [-0.1, -0.05) is 40.2 Å². The van der Waals surface area contributed by atoms with Crippen LogP contribution < -0.4 is 0 Å². The standard InChI is InChI=1S/C13H15BrO2/c1-2-3-4-5-11-6-10(8-15)7-13(14)12(11)9-16/h2-7,15-16H,8-9H2,1H3/b3-2-,5-4-. The highest BCUT2D eigenvalue weighted by atomic mass is 79.9. The summed E-state index contributed by atoms with van der Waals surface area (Å²) in [5.41, 5.74) is 2.57. The lowest BCUT2D eigenvalue weighted by Crippen LogP contribution is -1.94. The Hall–Kier alpha value is -0.900. The van der Waals surface area contributed by atoms with Crippen molar-refractivity contribution in [3.05, 3.63) is 51.5 Å². The Bertz CT molecular complexity index is 409. The van der Waals surface area contributed by atoms with Crippen molar-refractivity contribution in [2.24, 2.45) is 0 Å². The molecule has 0 unspecified atom stereocenters. The van der Waals surface area contributed by atoms with Crippen LogP contribution in [-0.2, 0) is 13.2 Å². The predicted molar refractivity (Wildman–Crippen MR) is 69.8 cm³/mol. The molecule has 86 valence electrons. The van der Waals surface area contributed by atoms with Gasteiger partial charge in [-0.2, -0.15) is 0 Å². The van der Waals surface area contributed by atoms with E-state index < -0.39 is 0 Å². The van der Waals surface area contributed by atoms with Gasteiger partial charge in [0.2, 0.25) is 0 Å². The van der Waals surface area contributed by atoms with Crippen LogP contribution in [0, 0.1) is 0 Å². The van der Waals surface area contributed by atoms with Crippen LogP contribution in [0.3, 0.4) is 0 Å². The molecule has 0 fully saturated rings. The number of allylic oxidation sites excluding steroid dienone is 3. The van der Waals surface area contributed by atoms with Gasteiger partial charge in [0.15, 0.2) is 0 Å². The third-order valence-electron chi connectivity index (χ3n) is 2.21. The molecule has 1 rings (SSSR count). The number of benzene rings is 1. The zero-order valence-corrected chi connectivity index (χ0v) is 10.7. The monoisotopic (exact) mass is 282 g/mol. The van der Waals surface area contributed by atoms with E-state index >= 15 is 0 Å². The maximum Gasteiger partial charge on any atom is 0.0698 e. The fourth-order valence-corrected chi connectivity index (χ4v) is 2.04. The molecule has 2 N–H and O–H groups in total. The first-order valence-electron chi connectivity index (χ1n) is 5.05. The van der Waals surface area contributed by atoms with Crippen LogP contribution in [0.1, 0.15) is 23.6 Å². The van der Waals surface area contributed by atoms with E-state index in [-0.39, 0.29) is 13.2 Å². The Morgan fingerprint density at radius 3 is 2.50 bits per heavy atom. The van der Waals surface area contributed by atoms with Crippen molar-refractivity contribution in [2.75, 3.05) is 0 Å². The number of hydrogen-bond acceptors (Lipinski definition) is 2. The van der Waals surface area contributed by atoms with Crippen molar-refractivity contribution in [3.8, 4) is 0 Å². The Labute approximate surface area is 104 Å². The second kappa shape index (κ2) is 6.63. The lowest BCUT2D eigenvalue weighted by molar-refractivity contribution is 0.277. The zero-order chi connectivity index (χ0) is 12.0. The molecule has 1 aromatic carbocycles. The molecule has 0 spiro atoms. The van der Waals surface area contributed by atoms with Gasteiger partial charge in [-0.05, 0) is 35.7 Å². The molecule has 2 nitrogen and oxygen atoms in total. The number of aliphatic hydroxyl groups excluding tert-OH is 2. The highest BCUT2D eigenvalue weighted by molar-refractivity contribution is 9.10. The minimum Gasteiger partial charge on any atom is -0.392 e. The van der Waals surface area contributed by atoms with Gasteiger partial charge in [0, 0.05) is 4.47 Å². The van der Waals surface area contributed by atoms with E-state index in [1.54, 1.807) is 0 Å². The summed E-state index contributed by atoms with van der Waals surface area (Å²) in [7, 11) is 0. The van der Waals surface area contributed by atoms with Crippen LogP contribution >= 0.6 is 15.9 Å². The smallest absolute Gasteiger partial charge is 0.0698 e. The zero-order valence-electron chi connectivity index (χ0n) is 9.15. The van der Waals surface area contributed by atoms with E-state index in [0.717, 1.165) is 21.2 Å². The summed E-state index contributed by atoms with van der Waals surface area (Å²) in [4.78, 5) is 0. The SMILES string of the molecule is C/C=C\C=C/c1cc(CO)cc(Br)c1CO. The van der Waals surface area contributed by atoms with E-state index in [1.807, 2.05) is 43.4 Å². The molecule has 1 aromatic rings. The second-order valence-electron chi connectivity index (χ2n) is 3.35. The maximum absolute atomic E-state index is 9.27. The van der Waals surface area contributed by atoms with Crippen molar-refractivity contribution in [1.29, 1.82) is 0 Å². The Kier molecular flexibility index (Phi) is 5.46. The molecular weight excluding hydrogens is 268 g/mol. The predicted octanol–water partition coefficient (Wildman–Crippen LogP) is 3.02. The van der Waals surface area contributed by atoms with Gasteiger partial charge < -0.3 is 10.2 Å². The van der Waals surface area contributed by atoms with E-state index in [1.165, 1.54) is 0 Å². The summed E-state index contributed by atoms with van der Waals surface area (Å²) in [5.74, 6) is 0. The fraction of sp³-hybridized carbons (Fsp3) is 0.231. The van der Waals surface area contributed by atoms with Gasteiger partial charge >= 0.3 is 0 Å². The summed E-state index contributed by atoms with van der Waals surface area (Å²) in [5, 5.41) is 18.4. The van der Waals surface area contributed by atoms with Crippen molar-refractivity contribution in [1.82, 2.24) is 0 Å². The Morgan fingerprint density at radius 1 is 1.19 bits per heavy atom. The molecule has 3 heteroatoms. The van der Waals surface area contributed by atoms with Gasteiger partial charge in [0.05, 0.1) is 13.2 Å². The molecule has 0 aliphatic carbocycles. The summed E-state index contributed by atoms with van der Waals surface area (Å²) < 4.78 is 0.821. The van der Waals surface area contributed by atoms with Crippen LogP contribution in [0.25, 0.3) is 6.08 Å². The quantitative estimate of drug-likeness (QED) is 0.834. The van der Waals surface area contributed by atoms with E-state index in [9.17, 15) is 5.11 Å². The normalized spacial score (nSPS) is 11.8. The molecular formula is C13H15BrO2. The van der Waals surface area contributed by atoms with Crippen LogP contribution in [0.15, 0.2) is 34.8 Å². The van der Waals surface area contributed by atoms with Gasteiger partial charge in [-0.3, -0.25) is 0 Å². The highest BCUT2D eigenvalue weighted by Crippen LogP contribution is 2.24. The second-order valence-corrected chi connectivity index (χ2v) is 4.20. The third kappa shape index (κ3) is 3.30. The van der Waals surface area contributed by atoms with Gasteiger partial charge in [-0.15, -0.1) is 0 Å². The van der Waals surface area contributed by atoms with Crippen molar-refractivity contribution in [3.63, 3.8) is 0 Å². The van der Waals surface area contributed by atoms with Gasteiger partial charge in [-0.25, -0.2) is 0 Å². The minimum absolute atomic E-state index is 0.00519. The third-order valence-corrected chi connectivity index (χ3v) is 2.92. The lowest BCUT2D eigenvalue weighted by Gasteiger charge is -2.08. The maximum atomic E-state index is 9.27. The molecule has 0 radical (unpaired) electrons. The number of halogens is 1. The van der Waals surface area contributed by atoms with Crippen molar-refractivity contribution >= 4 is 22.0 Å². The van der Waals surface area contributed by atoms with Crippen LogP contribution in [0.2, 0.25) is 0 Å². The molecule has 16 heavy (non-hydrogen) atoms. The first-order chi connectivity index (χ1) is 7.72. The van der Waals surface area contributed by atoms with Crippen molar-refractivity contribution < 1.29 is 10.2 Å². The van der Waals surface area contributed by atoms with Crippen LogP contribution in [0.5, 0.6) is 0 Å². The molecule has 0 amide bonds. The molecule has 0 aliphatic rings. The van der Waals surface area contributed by atoms with E-state index in [2.05, 4.69) is 15.9 Å². The number of rotatable bonds is 4. The Morgan fingerprint density at radius 2 is 1.94 bits per heavy atom.